The third-order valence-corrected chi connectivity index (χ3v) is 12.9. The van der Waals surface area contributed by atoms with Crippen LogP contribution in [0.4, 0.5) is 0 Å². The number of hydrogen-bond acceptors (Lipinski definition) is 9. The number of rotatable bonds is 5. The monoisotopic (exact) mass is 602 g/mol. The molecule has 9 heteroatoms. The molecule has 0 radical (unpaired) electrons. The molecule has 7 rings (SSSR count). The molecule has 15 atom stereocenters. The average Bonchev–Trinajstić information content (AvgIpc) is 3.62. The number of carbonyl (C=O) groups excluding carboxylic acids is 2. The van der Waals surface area contributed by atoms with E-state index in [1.54, 1.807) is 0 Å². The molecule has 0 aromatic heterocycles. The highest BCUT2D eigenvalue weighted by atomic mass is 16.7. The number of hydrogen-bond donors (Lipinski definition) is 3. The lowest BCUT2D eigenvalue weighted by Crippen LogP contribution is -2.63. The van der Waals surface area contributed by atoms with E-state index in [0.29, 0.717) is 37.1 Å². The second-order valence-corrected chi connectivity index (χ2v) is 16.0. The van der Waals surface area contributed by atoms with Crippen LogP contribution in [0.15, 0.2) is 0 Å². The molecule has 4 N–H and O–H groups in total. The molecule has 3 saturated carbocycles. The highest BCUT2D eigenvalue weighted by molar-refractivity contribution is 5.84. The second kappa shape index (κ2) is 11.3. The first-order valence-corrected chi connectivity index (χ1v) is 17.4. The molecule has 9 nitrogen and oxygen atoms in total. The van der Waals surface area contributed by atoms with E-state index in [1.807, 2.05) is 27.7 Å². The Balaban J connectivity index is 0.957. The van der Waals surface area contributed by atoms with Crippen LogP contribution in [0.1, 0.15) is 105 Å². The van der Waals surface area contributed by atoms with Crippen molar-refractivity contribution in [3.05, 3.63) is 0 Å². The van der Waals surface area contributed by atoms with Gasteiger partial charge in [0.15, 0.2) is 5.60 Å². The van der Waals surface area contributed by atoms with Crippen LogP contribution in [-0.2, 0) is 28.5 Å². The predicted molar refractivity (Wildman–Crippen MR) is 159 cm³/mol. The second-order valence-electron chi connectivity index (χ2n) is 16.0. The SMILES string of the molecule is CC1CC(=O)C2C(CC3OC(C)(C)C(OC(=O)C4(C)OC4CCC4CC(N)NC5C6CCCCC6CCC45)CC3C2O)O1. The summed E-state index contributed by atoms with van der Waals surface area (Å²) >= 11 is 0. The highest BCUT2D eigenvalue weighted by Gasteiger charge is 2.62. The van der Waals surface area contributed by atoms with E-state index in [2.05, 4.69) is 5.32 Å². The maximum Gasteiger partial charge on any atom is 0.341 e. The molecule has 0 bridgehead atoms. The third-order valence-electron chi connectivity index (χ3n) is 12.9. The number of nitrogens with two attached hydrogens (primary N) is 1. The fourth-order valence-corrected chi connectivity index (χ4v) is 10.5. The molecule has 43 heavy (non-hydrogen) atoms. The van der Waals surface area contributed by atoms with Gasteiger partial charge in [0.25, 0.3) is 0 Å². The predicted octanol–water partition coefficient (Wildman–Crippen LogP) is 3.63. The number of ether oxygens (including phenoxy) is 4. The minimum Gasteiger partial charge on any atom is -0.457 e. The number of ketones is 1. The van der Waals surface area contributed by atoms with Crippen molar-refractivity contribution in [1.82, 2.24) is 5.32 Å². The first-order valence-electron chi connectivity index (χ1n) is 17.4. The van der Waals surface area contributed by atoms with Crippen molar-refractivity contribution < 1.29 is 33.6 Å². The van der Waals surface area contributed by atoms with E-state index in [1.165, 1.54) is 38.5 Å². The summed E-state index contributed by atoms with van der Waals surface area (Å²) in [5, 5.41) is 15.1. The number of nitrogens with one attached hydrogen (secondary N) is 1. The molecule has 4 saturated heterocycles. The molecular formula is C34H54N2O7. The van der Waals surface area contributed by atoms with Gasteiger partial charge < -0.3 is 29.8 Å². The first-order chi connectivity index (χ1) is 20.4. The van der Waals surface area contributed by atoms with Gasteiger partial charge in [0.2, 0.25) is 0 Å². The molecular weight excluding hydrogens is 548 g/mol. The molecule has 3 aliphatic carbocycles. The van der Waals surface area contributed by atoms with Crippen LogP contribution in [0.5, 0.6) is 0 Å². The standard InChI is InChI=1S/C34H54N2O7/c1-17-13-23(37)29-25(40-17)16-24-22(31(29)38)15-27(33(2,3)42-24)41-32(39)34(4)26(43-34)12-10-19-14-28(35)36-30-20-8-6-5-7-18(20)9-11-21(19)30/h17-22,24-31,36,38H,5-16,35H2,1-4H3. The summed E-state index contributed by atoms with van der Waals surface area (Å²) in [4.78, 5) is 26.4. The van der Waals surface area contributed by atoms with E-state index in [9.17, 15) is 14.7 Å². The number of esters is 1. The number of aliphatic hydroxyl groups is 1. The van der Waals surface area contributed by atoms with Gasteiger partial charge in [-0.2, -0.15) is 0 Å². The molecule has 0 spiro atoms. The van der Waals surface area contributed by atoms with Crippen molar-refractivity contribution in [2.75, 3.05) is 0 Å². The van der Waals surface area contributed by atoms with Crippen molar-refractivity contribution >= 4 is 11.8 Å². The van der Waals surface area contributed by atoms with Gasteiger partial charge in [-0.15, -0.1) is 0 Å². The van der Waals surface area contributed by atoms with Crippen LogP contribution in [0.25, 0.3) is 0 Å². The molecule has 0 aromatic carbocycles. The molecule has 0 aromatic rings. The number of Topliss-reactive ketones (excluding diaryl/α,β-unsaturated/α-hetero) is 1. The number of piperidine rings is 1. The summed E-state index contributed by atoms with van der Waals surface area (Å²) in [7, 11) is 0. The third kappa shape index (κ3) is 5.52. The van der Waals surface area contributed by atoms with Crippen molar-refractivity contribution in [2.45, 2.75) is 165 Å². The Morgan fingerprint density at radius 3 is 2.60 bits per heavy atom. The lowest BCUT2D eigenvalue weighted by molar-refractivity contribution is -0.257. The van der Waals surface area contributed by atoms with Gasteiger partial charge in [-0.3, -0.25) is 10.1 Å². The Kier molecular flexibility index (Phi) is 8.03. The largest absolute Gasteiger partial charge is 0.457 e. The average molecular weight is 603 g/mol. The molecule has 4 heterocycles. The van der Waals surface area contributed by atoms with Crippen LogP contribution in [0.3, 0.4) is 0 Å². The van der Waals surface area contributed by atoms with Gasteiger partial charge in [-0.25, -0.2) is 4.79 Å². The maximum atomic E-state index is 13.6. The Hall–Kier alpha value is -1.10. The van der Waals surface area contributed by atoms with Crippen molar-refractivity contribution in [1.29, 1.82) is 0 Å². The molecule has 7 aliphatic rings. The summed E-state index contributed by atoms with van der Waals surface area (Å²) in [5.74, 6) is 1.73. The Bertz CT molecular complexity index is 1080. The minimum absolute atomic E-state index is 0.0463. The summed E-state index contributed by atoms with van der Waals surface area (Å²) in [6.45, 7) is 7.64. The van der Waals surface area contributed by atoms with Crippen LogP contribution in [-0.4, -0.2) is 76.9 Å². The lowest BCUT2D eigenvalue weighted by atomic mass is 9.59. The van der Waals surface area contributed by atoms with E-state index >= 15 is 0 Å². The quantitative estimate of drug-likeness (QED) is 0.319. The zero-order valence-electron chi connectivity index (χ0n) is 26.5. The smallest absolute Gasteiger partial charge is 0.341 e. The van der Waals surface area contributed by atoms with Crippen molar-refractivity contribution in [2.24, 2.45) is 41.2 Å². The molecule has 15 unspecified atom stereocenters. The number of epoxide rings is 1. The van der Waals surface area contributed by atoms with Gasteiger partial charge in [0.05, 0.1) is 48.2 Å². The van der Waals surface area contributed by atoms with Crippen molar-refractivity contribution in [3.8, 4) is 0 Å². The van der Waals surface area contributed by atoms with Gasteiger partial charge in [0, 0.05) is 24.8 Å². The zero-order valence-corrected chi connectivity index (χ0v) is 26.5. The lowest BCUT2D eigenvalue weighted by Gasteiger charge is -2.53. The summed E-state index contributed by atoms with van der Waals surface area (Å²) < 4.78 is 24.7. The van der Waals surface area contributed by atoms with E-state index in [-0.39, 0.29) is 48.3 Å². The molecule has 0 amide bonds. The van der Waals surface area contributed by atoms with Crippen LogP contribution in [0.2, 0.25) is 0 Å². The van der Waals surface area contributed by atoms with Gasteiger partial charge in [-0.1, -0.05) is 19.3 Å². The molecule has 242 valence electrons. The van der Waals surface area contributed by atoms with Gasteiger partial charge in [0.1, 0.15) is 11.9 Å². The minimum atomic E-state index is -0.956. The van der Waals surface area contributed by atoms with Crippen LogP contribution in [0, 0.1) is 35.5 Å². The Morgan fingerprint density at radius 2 is 1.79 bits per heavy atom. The fraction of sp³-hybridized carbons (Fsp3) is 0.941. The number of carbonyl (C=O) groups is 2. The van der Waals surface area contributed by atoms with E-state index in [0.717, 1.165) is 31.1 Å². The normalized spacial score (nSPS) is 52.2. The van der Waals surface area contributed by atoms with E-state index < -0.39 is 29.3 Å². The number of aliphatic hydroxyl groups excluding tert-OH is 1. The zero-order chi connectivity index (χ0) is 30.3. The maximum absolute atomic E-state index is 13.6. The van der Waals surface area contributed by atoms with Gasteiger partial charge >= 0.3 is 5.97 Å². The summed E-state index contributed by atoms with van der Waals surface area (Å²) in [6.07, 6.45) is 10.0. The summed E-state index contributed by atoms with van der Waals surface area (Å²) in [5.41, 5.74) is 4.86. The summed E-state index contributed by atoms with van der Waals surface area (Å²) in [6, 6.07) is 0.533. The fourth-order valence-electron chi connectivity index (χ4n) is 10.5. The Morgan fingerprint density at radius 1 is 1.00 bits per heavy atom. The van der Waals surface area contributed by atoms with Crippen LogP contribution < -0.4 is 11.1 Å². The van der Waals surface area contributed by atoms with Crippen molar-refractivity contribution in [3.63, 3.8) is 0 Å². The van der Waals surface area contributed by atoms with Gasteiger partial charge in [-0.05, 0) is 96.3 Å². The van der Waals surface area contributed by atoms with Crippen LogP contribution >= 0.6 is 0 Å². The highest BCUT2D eigenvalue weighted by Crippen LogP contribution is 2.51. The van der Waals surface area contributed by atoms with E-state index in [4.69, 9.17) is 24.7 Å². The molecule has 7 fully saturated rings. The topological polar surface area (TPSA) is 133 Å². The Labute approximate surface area is 256 Å². The first kappa shape index (κ1) is 30.5. The number of fused-ring (bicyclic) bond motifs is 5. The molecule has 4 aliphatic heterocycles.